The molecule has 21 heavy (non-hydrogen) atoms. The van der Waals surface area contributed by atoms with Gasteiger partial charge in [-0.15, -0.1) is 0 Å². The Morgan fingerprint density at radius 3 is 2.38 bits per heavy atom. The van der Waals surface area contributed by atoms with Crippen LogP contribution in [0.3, 0.4) is 0 Å². The van der Waals surface area contributed by atoms with Crippen LogP contribution in [0.5, 0.6) is 0 Å². The Labute approximate surface area is 129 Å². The highest BCUT2D eigenvalue weighted by molar-refractivity contribution is 5.82. The first kappa shape index (κ1) is 15.3. The zero-order valence-corrected chi connectivity index (χ0v) is 13.4. The summed E-state index contributed by atoms with van der Waals surface area (Å²) in [5.74, 6) is 1.15. The van der Waals surface area contributed by atoms with Crippen molar-refractivity contribution in [3.05, 3.63) is 0 Å². The molecule has 4 heteroatoms. The van der Waals surface area contributed by atoms with Gasteiger partial charge in [0.15, 0.2) is 0 Å². The summed E-state index contributed by atoms with van der Waals surface area (Å²) in [5.41, 5.74) is 0. The lowest BCUT2D eigenvalue weighted by Gasteiger charge is -2.40. The van der Waals surface area contributed by atoms with E-state index in [4.69, 9.17) is 0 Å². The van der Waals surface area contributed by atoms with E-state index in [1.165, 1.54) is 38.8 Å². The molecule has 2 N–H and O–H groups in total. The number of amides is 1. The van der Waals surface area contributed by atoms with Gasteiger partial charge in [0.1, 0.15) is 0 Å². The lowest BCUT2D eigenvalue weighted by Crippen LogP contribution is -2.49. The van der Waals surface area contributed by atoms with Crippen LogP contribution < -0.4 is 10.6 Å². The van der Waals surface area contributed by atoms with Crippen LogP contribution >= 0.6 is 0 Å². The molecule has 120 valence electrons. The van der Waals surface area contributed by atoms with Gasteiger partial charge in [-0.2, -0.15) is 0 Å². The van der Waals surface area contributed by atoms with Gasteiger partial charge in [0, 0.05) is 12.1 Å². The Morgan fingerprint density at radius 2 is 1.76 bits per heavy atom. The molecular weight excluding hydrogens is 262 g/mol. The molecule has 0 radical (unpaired) electrons. The quantitative estimate of drug-likeness (QED) is 0.835. The number of nitrogens with zero attached hydrogens (tertiary/aromatic N) is 1. The first-order valence-corrected chi connectivity index (χ1v) is 9.00. The lowest BCUT2D eigenvalue weighted by atomic mass is 9.88. The van der Waals surface area contributed by atoms with Gasteiger partial charge in [-0.25, -0.2) is 0 Å². The maximum atomic E-state index is 12.1. The normalized spacial score (nSPS) is 35.8. The maximum Gasteiger partial charge on any atom is 0.237 e. The molecule has 1 amide bonds. The molecule has 0 spiro atoms. The maximum absolute atomic E-state index is 12.1. The van der Waals surface area contributed by atoms with E-state index in [1.54, 1.807) is 0 Å². The molecule has 1 saturated carbocycles. The van der Waals surface area contributed by atoms with E-state index < -0.39 is 0 Å². The summed E-state index contributed by atoms with van der Waals surface area (Å²) in [7, 11) is 0. The van der Waals surface area contributed by atoms with Gasteiger partial charge < -0.3 is 15.5 Å². The minimum Gasteiger partial charge on any atom is -0.352 e. The summed E-state index contributed by atoms with van der Waals surface area (Å²) in [6.45, 7) is 5.95. The molecule has 0 aromatic rings. The summed E-state index contributed by atoms with van der Waals surface area (Å²) in [4.78, 5) is 14.9. The van der Waals surface area contributed by atoms with E-state index in [0.717, 1.165) is 44.2 Å². The van der Waals surface area contributed by atoms with Crippen molar-refractivity contribution in [1.82, 2.24) is 15.5 Å². The number of rotatable bonds is 3. The lowest BCUT2D eigenvalue weighted by molar-refractivity contribution is -0.123. The van der Waals surface area contributed by atoms with Gasteiger partial charge in [-0.3, -0.25) is 4.79 Å². The van der Waals surface area contributed by atoms with Crippen molar-refractivity contribution in [2.75, 3.05) is 19.6 Å². The minimum absolute atomic E-state index is 0.0753. The standard InChI is InChI=1S/C17H31N3O/c1-13-8-11-20(12-9-13)15-6-4-14(5-7-15)19-17(21)16-3-2-10-18-16/h13-16,18H,2-12H2,1H3,(H,19,21). The fraction of sp³-hybridized carbons (Fsp3) is 0.941. The van der Waals surface area contributed by atoms with Crippen LogP contribution in [-0.2, 0) is 4.79 Å². The second-order valence-corrected chi connectivity index (χ2v) is 7.38. The van der Waals surface area contributed by atoms with Crippen LogP contribution in [0.25, 0.3) is 0 Å². The van der Waals surface area contributed by atoms with E-state index in [1.807, 2.05) is 0 Å². The van der Waals surface area contributed by atoms with Crippen LogP contribution in [0.4, 0.5) is 0 Å². The molecule has 0 aromatic carbocycles. The molecule has 0 bridgehead atoms. The fourth-order valence-corrected chi connectivity index (χ4v) is 4.19. The number of carbonyl (C=O) groups is 1. The molecule has 2 aliphatic heterocycles. The highest BCUT2D eigenvalue weighted by atomic mass is 16.2. The molecule has 2 heterocycles. The van der Waals surface area contributed by atoms with Crippen LogP contribution in [0.1, 0.15) is 58.3 Å². The number of nitrogens with one attached hydrogen (secondary N) is 2. The average molecular weight is 293 g/mol. The number of likely N-dealkylation sites (tertiary alicyclic amines) is 1. The first-order chi connectivity index (χ1) is 10.2. The molecule has 1 atom stereocenters. The molecule has 3 rings (SSSR count). The predicted molar refractivity (Wildman–Crippen MR) is 85.2 cm³/mol. The van der Waals surface area contributed by atoms with E-state index in [2.05, 4.69) is 22.5 Å². The zero-order valence-electron chi connectivity index (χ0n) is 13.4. The Hall–Kier alpha value is -0.610. The molecule has 0 aromatic heterocycles. The summed E-state index contributed by atoms with van der Waals surface area (Å²) in [6, 6.07) is 1.27. The van der Waals surface area contributed by atoms with Gasteiger partial charge >= 0.3 is 0 Å². The summed E-state index contributed by atoms with van der Waals surface area (Å²) >= 11 is 0. The Morgan fingerprint density at radius 1 is 1.05 bits per heavy atom. The minimum atomic E-state index is 0.0753. The molecular formula is C17H31N3O. The Kier molecular flexibility index (Phi) is 5.17. The SMILES string of the molecule is CC1CCN(C2CCC(NC(=O)C3CCCN3)CC2)CC1. The third kappa shape index (κ3) is 3.98. The van der Waals surface area contributed by atoms with Crippen LogP contribution in [0.2, 0.25) is 0 Å². The van der Waals surface area contributed by atoms with E-state index in [9.17, 15) is 4.79 Å². The third-order valence-corrected chi connectivity index (χ3v) is 5.75. The largest absolute Gasteiger partial charge is 0.352 e. The Balaban J connectivity index is 1.39. The van der Waals surface area contributed by atoms with Crippen molar-refractivity contribution in [3.63, 3.8) is 0 Å². The number of piperidine rings is 1. The summed E-state index contributed by atoms with van der Waals surface area (Å²) < 4.78 is 0. The van der Waals surface area contributed by atoms with Gasteiger partial charge in [0.05, 0.1) is 6.04 Å². The molecule has 2 saturated heterocycles. The Bertz CT molecular complexity index is 338. The van der Waals surface area contributed by atoms with Crippen molar-refractivity contribution < 1.29 is 4.79 Å². The van der Waals surface area contributed by atoms with Crippen LogP contribution in [-0.4, -0.2) is 48.6 Å². The number of hydrogen-bond acceptors (Lipinski definition) is 3. The van der Waals surface area contributed by atoms with Crippen molar-refractivity contribution in [1.29, 1.82) is 0 Å². The number of hydrogen-bond donors (Lipinski definition) is 2. The van der Waals surface area contributed by atoms with Gasteiger partial charge in [-0.05, 0) is 76.9 Å². The van der Waals surface area contributed by atoms with Crippen molar-refractivity contribution in [2.45, 2.75) is 76.4 Å². The van der Waals surface area contributed by atoms with Gasteiger partial charge in [0.2, 0.25) is 5.91 Å². The summed E-state index contributed by atoms with van der Waals surface area (Å²) in [6.07, 6.45) is 9.72. The van der Waals surface area contributed by atoms with E-state index in [0.29, 0.717) is 6.04 Å². The van der Waals surface area contributed by atoms with Gasteiger partial charge in [0.25, 0.3) is 0 Å². The highest BCUT2D eigenvalue weighted by Gasteiger charge is 2.30. The van der Waals surface area contributed by atoms with Crippen LogP contribution in [0.15, 0.2) is 0 Å². The average Bonchev–Trinajstić information content (AvgIpc) is 3.03. The second-order valence-electron chi connectivity index (χ2n) is 7.38. The number of carbonyl (C=O) groups excluding carboxylic acids is 1. The third-order valence-electron chi connectivity index (χ3n) is 5.75. The highest BCUT2D eigenvalue weighted by Crippen LogP contribution is 2.27. The summed E-state index contributed by atoms with van der Waals surface area (Å²) in [5, 5.41) is 6.56. The van der Waals surface area contributed by atoms with Crippen molar-refractivity contribution >= 4 is 5.91 Å². The molecule has 3 fully saturated rings. The predicted octanol–water partition coefficient (Wildman–Crippen LogP) is 1.90. The molecule has 1 aliphatic carbocycles. The van der Waals surface area contributed by atoms with Crippen LogP contribution in [0, 0.1) is 5.92 Å². The van der Waals surface area contributed by atoms with Crippen molar-refractivity contribution in [2.24, 2.45) is 5.92 Å². The second kappa shape index (κ2) is 7.10. The topological polar surface area (TPSA) is 44.4 Å². The van der Waals surface area contributed by atoms with E-state index >= 15 is 0 Å². The molecule has 4 nitrogen and oxygen atoms in total. The monoisotopic (exact) mass is 293 g/mol. The smallest absolute Gasteiger partial charge is 0.237 e. The molecule has 3 aliphatic rings. The first-order valence-electron chi connectivity index (χ1n) is 9.00. The zero-order chi connectivity index (χ0) is 14.7. The van der Waals surface area contributed by atoms with Gasteiger partial charge in [-0.1, -0.05) is 6.92 Å². The fourth-order valence-electron chi connectivity index (χ4n) is 4.19. The molecule has 1 unspecified atom stereocenters. The van der Waals surface area contributed by atoms with E-state index in [-0.39, 0.29) is 11.9 Å². The van der Waals surface area contributed by atoms with Crippen molar-refractivity contribution in [3.8, 4) is 0 Å².